The molecule has 2 aliphatic rings. The van der Waals surface area contributed by atoms with Gasteiger partial charge in [-0.15, -0.1) is 11.3 Å². The summed E-state index contributed by atoms with van der Waals surface area (Å²) in [6.07, 6.45) is 7.10. The number of amides is 2. The van der Waals surface area contributed by atoms with Crippen molar-refractivity contribution < 1.29 is 14.3 Å². The second-order valence-corrected chi connectivity index (χ2v) is 7.08. The molecule has 2 amide bonds. The molecule has 0 bridgehead atoms. The van der Waals surface area contributed by atoms with Gasteiger partial charge in [-0.2, -0.15) is 0 Å². The Bertz CT molecular complexity index is 754. The first-order valence-electron chi connectivity index (χ1n) is 7.37. The van der Waals surface area contributed by atoms with Gasteiger partial charge >= 0.3 is 6.09 Å². The molecule has 1 aliphatic heterocycles. The van der Waals surface area contributed by atoms with E-state index in [0.29, 0.717) is 22.2 Å². The third-order valence-electron chi connectivity index (χ3n) is 3.58. The molecule has 126 valence electrons. The minimum absolute atomic E-state index is 0.231. The normalized spacial score (nSPS) is 20.3. The Morgan fingerprint density at radius 1 is 1.46 bits per heavy atom. The number of halogens is 1. The van der Waals surface area contributed by atoms with Crippen LogP contribution in [0.1, 0.15) is 16.1 Å². The average molecular weight is 366 g/mol. The number of nitrogens with zero attached hydrogens (tertiary/aromatic N) is 1. The third kappa shape index (κ3) is 3.80. The van der Waals surface area contributed by atoms with Crippen molar-refractivity contribution in [2.45, 2.75) is 12.5 Å². The van der Waals surface area contributed by atoms with Gasteiger partial charge in [-0.3, -0.25) is 9.69 Å². The lowest BCUT2D eigenvalue weighted by Crippen LogP contribution is -2.34. The molecule has 1 aliphatic carbocycles. The quantitative estimate of drug-likeness (QED) is 0.859. The van der Waals surface area contributed by atoms with Crippen LogP contribution in [0.15, 0.2) is 47.8 Å². The van der Waals surface area contributed by atoms with Gasteiger partial charge in [0.2, 0.25) is 0 Å². The summed E-state index contributed by atoms with van der Waals surface area (Å²) in [4.78, 5) is 26.1. The highest BCUT2D eigenvalue weighted by molar-refractivity contribution is 7.17. The summed E-state index contributed by atoms with van der Waals surface area (Å²) in [6.45, 7) is 0.611. The van der Waals surface area contributed by atoms with E-state index in [2.05, 4.69) is 5.32 Å². The van der Waals surface area contributed by atoms with Crippen LogP contribution in [-0.4, -0.2) is 36.1 Å². The minimum atomic E-state index is -0.432. The number of ether oxygens (including phenoxy) is 1. The van der Waals surface area contributed by atoms with Crippen molar-refractivity contribution in [3.8, 4) is 0 Å². The Labute approximate surface area is 148 Å². The SMILES string of the molecule is NC1=CC=C(N2C[C@H](CNC(=O)c3ccc(Cl)s3)OC2=O)C=CC1. The van der Waals surface area contributed by atoms with Crippen LogP contribution in [0.3, 0.4) is 0 Å². The summed E-state index contributed by atoms with van der Waals surface area (Å²) in [7, 11) is 0. The second kappa shape index (κ2) is 7.11. The van der Waals surface area contributed by atoms with E-state index < -0.39 is 12.2 Å². The number of allylic oxidation sites excluding steroid dienone is 4. The van der Waals surface area contributed by atoms with E-state index in [9.17, 15) is 9.59 Å². The lowest BCUT2D eigenvalue weighted by Gasteiger charge is -2.13. The van der Waals surface area contributed by atoms with Gasteiger partial charge in [-0.05, 0) is 30.4 Å². The lowest BCUT2D eigenvalue weighted by molar-refractivity contribution is 0.0919. The van der Waals surface area contributed by atoms with Crippen molar-refractivity contribution in [3.05, 3.63) is 57.0 Å². The Balaban J connectivity index is 1.58. The van der Waals surface area contributed by atoms with E-state index in [4.69, 9.17) is 22.1 Å². The van der Waals surface area contributed by atoms with Gasteiger partial charge < -0.3 is 15.8 Å². The standard InChI is InChI=1S/C16H16ClN3O3S/c17-14-7-6-13(24-14)15(21)19-8-12-9-20(16(22)23-12)11-3-1-2-10(18)4-5-11/h1,3-7,12H,2,8-9,18H2,(H,19,21)/t12-/m0/s1. The zero-order valence-electron chi connectivity index (χ0n) is 12.7. The van der Waals surface area contributed by atoms with Gasteiger partial charge in [0.25, 0.3) is 5.91 Å². The maximum Gasteiger partial charge on any atom is 0.414 e. The molecule has 1 fully saturated rings. The molecule has 3 rings (SSSR count). The molecular formula is C16H16ClN3O3S. The van der Waals surface area contributed by atoms with E-state index >= 15 is 0 Å². The first-order valence-corrected chi connectivity index (χ1v) is 8.57. The smallest absolute Gasteiger partial charge is 0.414 e. The lowest BCUT2D eigenvalue weighted by atomic mass is 10.3. The van der Waals surface area contributed by atoms with Gasteiger partial charge in [-0.1, -0.05) is 17.7 Å². The first-order chi connectivity index (χ1) is 11.5. The zero-order valence-corrected chi connectivity index (χ0v) is 14.3. The van der Waals surface area contributed by atoms with Gasteiger partial charge in [0.05, 0.1) is 22.3 Å². The van der Waals surface area contributed by atoms with Crippen LogP contribution in [-0.2, 0) is 4.74 Å². The number of carbonyl (C=O) groups is 2. The van der Waals surface area contributed by atoms with Crippen LogP contribution in [0.5, 0.6) is 0 Å². The fraction of sp³-hybridized carbons (Fsp3) is 0.250. The number of hydrogen-bond donors (Lipinski definition) is 2. The van der Waals surface area contributed by atoms with Crippen molar-refractivity contribution in [3.63, 3.8) is 0 Å². The van der Waals surface area contributed by atoms with Crippen molar-refractivity contribution in [2.24, 2.45) is 5.73 Å². The molecule has 24 heavy (non-hydrogen) atoms. The molecule has 1 saturated heterocycles. The molecule has 0 aromatic carbocycles. The maximum atomic E-state index is 12.0. The molecule has 0 radical (unpaired) electrons. The number of rotatable bonds is 4. The average Bonchev–Trinajstić information content (AvgIpc) is 3.07. The molecule has 1 atom stereocenters. The Morgan fingerprint density at radius 2 is 2.29 bits per heavy atom. The van der Waals surface area contributed by atoms with Crippen LogP contribution in [0, 0.1) is 0 Å². The third-order valence-corrected chi connectivity index (χ3v) is 4.81. The van der Waals surface area contributed by atoms with Crippen LogP contribution in [0.25, 0.3) is 0 Å². The number of thiophene rings is 1. The Hall–Kier alpha value is -2.25. The number of nitrogens with two attached hydrogens (primary N) is 1. The Kier molecular flexibility index (Phi) is 4.92. The molecule has 3 N–H and O–H groups in total. The van der Waals surface area contributed by atoms with Crippen LogP contribution in [0.4, 0.5) is 4.79 Å². The van der Waals surface area contributed by atoms with Crippen molar-refractivity contribution in [1.82, 2.24) is 10.2 Å². The fourth-order valence-corrected chi connectivity index (χ4v) is 3.34. The van der Waals surface area contributed by atoms with Crippen LogP contribution < -0.4 is 11.1 Å². The molecule has 0 saturated carbocycles. The highest BCUT2D eigenvalue weighted by Gasteiger charge is 2.33. The zero-order chi connectivity index (χ0) is 17.1. The molecule has 8 heteroatoms. The van der Waals surface area contributed by atoms with E-state index in [1.165, 1.54) is 16.2 Å². The number of carbonyl (C=O) groups excluding carboxylic acids is 2. The van der Waals surface area contributed by atoms with E-state index in [1.807, 2.05) is 12.2 Å². The molecule has 2 heterocycles. The monoisotopic (exact) mass is 365 g/mol. The molecule has 6 nitrogen and oxygen atoms in total. The van der Waals surface area contributed by atoms with Crippen molar-refractivity contribution in [2.75, 3.05) is 13.1 Å². The number of hydrogen-bond acceptors (Lipinski definition) is 5. The van der Waals surface area contributed by atoms with E-state index in [-0.39, 0.29) is 12.5 Å². The number of nitrogens with one attached hydrogen (secondary N) is 1. The summed E-state index contributed by atoms with van der Waals surface area (Å²) < 4.78 is 5.86. The first kappa shape index (κ1) is 16.6. The molecule has 0 spiro atoms. The second-order valence-electron chi connectivity index (χ2n) is 5.37. The summed E-state index contributed by atoms with van der Waals surface area (Å²) in [6, 6.07) is 3.33. The fourth-order valence-electron chi connectivity index (χ4n) is 2.38. The van der Waals surface area contributed by atoms with Gasteiger partial charge in [0, 0.05) is 17.8 Å². The Morgan fingerprint density at radius 3 is 3.04 bits per heavy atom. The predicted molar refractivity (Wildman–Crippen MR) is 92.7 cm³/mol. The van der Waals surface area contributed by atoms with Crippen LogP contribution in [0.2, 0.25) is 4.34 Å². The molecule has 0 unspecified atom stereocenters. The topological polar surface area (TPSA) is 84.7 Å². The van der Waals surface area contributed by atoms with Crippen LogP contribution >= 0.6 is 22.9 Å². The van der Waals surface area contributed by atoms with Gasteiger partial charge in [0.1, 0.15) is 6.10 Å². The van der Waals surface area contributed by atoms with E-state index in [0.717, 1.165) is 11.4 Å². The van der Waals surface area contributed by atoms with Crippen molar-refractivity contribution in [1.29, 1.82) is 0 Å². The molecular weight excluding hydrogens is 350 g/mol. The van der Waals surface area contributed by atoms with Gasteiger partial charge in [0.15, 0.2) is 0 Å². The largest absolute Gasteiger partial charge is 0.442 e. The summed E-state index contributed by atoms with van der Waals surface area (Å²) in [5, 5.41) is 2.76. The summed E-state index contributed by atoms with van der Waals surface area (Å²) in [5.74, 6) is -0.231. The predicted octanol–water partition coefficient (Wildman–Crippen LogP) is 2.64. The van der Waals surface area contributed by atoms with Gasteiger partial charge in [-0.25, -0.2) is 4.79 Å². The maximum absolute atomic E-state index is 12.0. The molecule has 1 aromatic rings. The highest BCUT2D eigenvalue weighted by atomic mass is 35.5. The van der Waals surface area contributed by atoms with E-state index in [1.54, 1.807) is 24.3 Å². The summed E-state index contributed by atoms with van der Waals surface area (Å²) in [5.41, 5.74) is 7.22. The highest BCUT2D eigenvalue weighted by Crippen LogP contribution is 2.22. The number of cyclic esters (lactones) is 1. The summed E-state index contributed by atoms with van der Waals surface area (Å²) >= 11 is 7.02. The minimum Gasteiger partial charge on any atom is -0.442 e. The molecule has 1 aromatic heterocycles. The van der Waals surface area contributed by atoms with Crippen molar-refractivity contribution >= 4 is 34.9 Å².